The van der Waals surface area contributed by atoms with Crippen molar-refractivity contribution in [2.24, 2.45) is 0 Å². The summed E-state index contributed by atoms with van der Waals surface area (Å²) in [5.41, 5.74) is 0.449. The van der Waals surface area contributed by atoms with E-state index in [2.05, 4.69) is 10.6 Å². The number of phenolic OH excluding ortho intramolecular Hbond substituents is 1. The summed E-state index contributed by atoms with van der Waals surface area (Å²) >= 11 is 1.07. The maximum atomic E-state index is 11.1. The van der Waals surface area contributed by atoms with Gasteiger partial charge in [0.05, 0.1) is 17.7 Å². The van der Waals surface area contributed by atoms with E-state index in [0.717, 1.165) is 11.8 Å². The summed E-state index contributed by atoms with van der Waals surface area (Å²) in [4.78, 5) is 33.4. The van der Waals surface area contributed by atoms with Gasteiger partial charge in [0.2, 0.25) is 11.8 Å². The van der Waals surface area contributed by atoms with Gasteiger partial charge in [0, 0.05) is 24.5 Å². The molecular formula is C13H15N2NaO5S. The van der Waals surface area contributed by atoms with Crippen molar-refractivity contribution in [1.29, 1.82) is 0 Å². The summed E-state index contributed by atoms with van der Waals surface area (Å²) in [6.45, 7) is 2.54. The van der Waals surface area contributed by atoms with Gasteiger partial charge >= 0.3 is 29.6 Å². The molecule has 1 aromatic rings. The quantitative estimate of drug-likeness (QED) is 0.285. The van der Waals surface area contributed by atoms with Crippen LogP contribution < -0.4 is 45.3 Å². The maximum absolute atomic E-state index is 11.1. The molecule has 0 aliphatic rings. The Balaban J connectivity index is 0.00000441. The Hall–Kier alpha value is -1.22. The van der Waals surface area contributed by atoms with Crippen LogP contribution in [0, 0.1) is 0 Å². The molecule has 0 saturated carbocycles. The third kappa shape index (κ3) is 7.17. The molecule has 0 heterocycles. The van der Waals surface area contributed by atoms with Crippen LogP contribution in [0.4, 0.5) is 5.69 Å². The standard InChI is InChI=1S/C13H16N2O5S.Na/c1-7(16)14-10-4-3-9(18)5-12(10)21-6-11(13(19)20)15-8(2)17;/h3-5,11,18H,6H2,1-2H3,(H,14,16)(H,15,17)(H,19,20);/q;+1/p-1/t11-;/m0./s1. The number of hydrogen-bond acceptors (Lipinski definition) is 6. The molecule has 1 aromatic carbocycles. The van der Waals surface area contributed by atoms with Crippen LogP contribution in [0.2, 0.25) is 0 Å². The number of carboxylic acids is 1. The number of nitrogens with one attached hydrogen (secondary N) is 2. The molecule has 0 aromatic heterocycles. The van der Waals surface area contributed by atoms with Gasteiger partial charge in [0.25, 0.3) is 0 Å². The number of thioether (sulfide) groups is 1. The van der Waals surface area contributed by atoms with Gasteiger partial charge in [-0.15, -0.1) is 11.8 Å². The van der Waals surface area contributed by atoms with Gasteiger partial charge in [0.1, 0.15) is 5.75 Å². The van der Waals surface area contributed by atoms with E-state index in [1.165, 1.54) is 32.0 Å². The molecule has 0 unspecified atom stereocenters. The number of carbonyl (C=O) groups is 3. The monoisotopic (exact) mass is 334 g/mol. The molecule has 0 spiro atoms. The smallest absolute Gasteiger partial charge is 0.548 e. The second kappa shape index (κ2) is 9.73. The van der Waals surface area contributed by atoms with Crippen molar-refractivity contribution >= 4 is 35.2 Å². The van der Waals surface area contributed by atoms with Crippen molar-refractivity contribution in [3.63, 3.8) is 0 Å². The fraction of sp³-hybridized carbons (Fsp3) is 0.308. The summed E-state index contributed by atoms with van der Waals surface area (Å²) in [6.07, 6.45) is 0. The first kappa shape index (κ1) is 20.8. The maximum Gasteiger partial charge on any atom is 1.00 e. The molecule has 0 aliphatic heterocycles. The zero-order valence-corrected chi connectivity index (χ0v) is 15.3. The van der Waals surface area contributed by atoms with Crippen LogP contribution >= 0.6 is 11.8 Å². The fourth-order valence-corrected chi connectivity index (χ4v) is 2.55. The van der Waals surface area contributed by atoms with Crippen LogP contribution in [0.25, 0.3) is 0 Å². The number of anilines is 1. The normalized spacial score (nSPS) is 11.0. The molecule has 0 saturated heterocycles. The van der Waals surface area contributed by atoms with Crippen LogP contribution in [0.3, 0.4) is 0 Å². The Morgan fingerprint density at radius 1 is 1.27 bits per heavy atom. The average molecular weight is 334 g/mol. The predicted molar refractivity (Wildman–Crippen MR) is 75.7 cm³/mol. The van der Waals surface area contributed by atoms with Crippen LogP contribution in [0.5, 0.6) is 5.75 Å². The van der Waals surface area contributed by atoms with Crippen molar-refractivity contribution in [2.45, 2.75) is 24.8 Å². The van der Waals surface area contributed by atoms with Crippen molar-refractivity contribution in [1.82, 2.24) is 5.32 Å². The Morgan fingerprint density at radius 3 is 2.41 bits per heavy atom. The number of phenols is 1. The minimum Gasteiger partial charge on any atom is -0.548 e. The average Bonchev–Trinajstić information content (AvgIpc) is 2.36. The van der Waals surface area contributed by atoms with Crippen LogP contribution in [-0.4, -0.2) is 34.7 Å². The van der Waals surface area contributed by atoms with E-state index in [0.29, 0.717) is 10.6 Å². The first-order valence-electron chi connectivity index (χ1n) is 6.01. The summed E-state index contributed by atoms with van der Waals surface area (Å²) in [7, 11) is 0. The molecule has 0 bridgehead atoms. The largest absolute Gasteiger partial charge is 1.00 e. The first-order chi connectivity index (χ1) is 9.79. The SMILES string of the molecule is CC(=O)Nc1ccc(O)cc1SC[C@H](NC(C)=O)C(=O)[O-].[Na+]. The van der Waals surface area contributed by atoms with Gasteiger partial charge in [0.15, 0.2) is 0 Å². The molecule has 9 heteroatoms. The molecule has 0 fully saturated rings. The number of hydrogen-bond donors (Lipinski definition) is 3. The third-order valence-corrected chi connectivity index (χ3v) is 3.49. The van der Waals surface area contributed by atoms with Crippen LogP contribution in [-0.2, 0) is 14.4 Å². The molecule has 22 heavy (non-hydrogen) atoms. The topological polar surface area (TPSA) is 119 Å². The second-order valence-electron chi connectivity index (χ2n) is 4.24. The zero-order valence-electron chi connectivity index (χ0n) is 12.5. The molecule has 1 atom stereocenters. The van der Waals surface area contributed by atoms with E-state index >= 15 is 0 Å². The Morgan fingerprint density at radius 2 is 1.91 bits per heavy atom. The number of aromatic hydroxyl groups is 1. The van der Waals surface area contributed by atoms with Crippen LogP contribution in [0.15, 0.2) is 23.1 Å². The molecule has 1 rings (SSSR count). The summed E-state index contributed by atoms with van der Waals surface area (Å²) in [5.74, 6) is -2.20. The third-order valence-electron chi connectivity index (χ3n) is 2.34. The molecule has 0 aliphatic carbocycles. The number of benzene rings is 1. The van der Waals surface area contributed by atoms with Gasteiger partial charge in [-0.25, -0.2) is 0 Å². The molecule has 7 nitrogen and oxygen atoms in total. The van der Waals surface area contributed by atoms with Gasteiger partial charge in [-0.3, -0.25) is 9.59 Å². The Kier molecular flexibility index (Phi) is 9.19. The first-order valence-corrected chi connectivity index (χ1v) is 6.99. The van der Waals surface area contributed by atoms with Crippen LogP contribution in [0.1, 0.15) is 13.8 Å². The van der Waals surface area contributed by atoms with Gasteiger partial charge in [-0.1, -0.05) is 0 Å². The van der Waals surface area contributed by atoms with E-state index < -0.39 is 17.9 Å². The van der Waals surface area contributed by atoms with E-state index in [1.807, 2.05) is 0 Å². The minimum atomic E-state index is -1.40. The second-order valence-corrected chi connectivity index (χ2v) is 5.31. The van der Waals surface area contributed by atoms with E-state index in [9.17, 15) is 24.6 Å². The number of carboxylic acid groups (broad SMARTS) is 1. The van der Waals surface area contributed by atoms with Gasteiger partial charge in [-0.2, -0.15) is 0 Å². The number of aliphatic carboxylic acids is 1. The van der Waals surface area contributed by atoms with E-state index in [1.54, 1.807) is 0 Å². The molecule has 2 amide bonds. The molecule has 114 valence electrons. The molecule has 0 radical (unpaired) electrons. The van der Waals surface area contributed by atoms with Crippen molar-refractivity contribution in [3.8, 4) is 5.75 Å². The number of amides is 2. The zero-order chi connectivity index (χ0) is 16.0. The summed E-state index contributed by atoms with van der Waals surface area (Å²) < 4.78 is 0. The Labute approximate surface area is 154 Å². The van der Waals surface area contributed by atoms with E-state index in [-0.39, 0.29) is 47.0 Å². The fourth-order valence-electron chi connectivity index (χ4n) is 1.51. The number of carbonyl (C=O) groups excluding carboxylic acids is 3. The van der Waals surface area contributed by atoms with Gasteiger partial charge in [-0.05, 0) is 18.2 Å². The van der Waals surface area contributed by atoms with Crippen molar-refractivity contribution in [2.75, 3.05) is 11.1 Å². The molecule has 3 N–H and O–H groups in total. The number of rotatable bonds is 6. The Bertz CT molecular complexity index is 567. The summed E-state index contributed by atoms with van der Waals surface area (Å²) in [6, 6.07) is 3.14. The van der Waals surface area contributed by atoms with Crippen molar-refractivity contribution in [3.05, 3.63) is 18.2 Å². The minimum absolute atomic E-state index is 0. The van der Waals surface area contributed by atoms with Gasteiger partial charge < -0.3 is 25.6 Å². The van der Waals surface area contributed by atoms with E-state index in [4.69, 9.17) is 0 Å². The predicted octanol–water partition coefficient (Wildman–Crippen LogP) is -3.30. The molecular weight excluding hydrogens is 319 g/mol. The van der Waals surface area contributed by atoms with Crippen molar-refractivity contribution < 1.29 is 54.2 Å². The summed E-state index contributed by atoms with van der Waals surface area (Å²) in [5, 5.41) is 25.2.